The van der Waals surface area contributed by atoms with E-state index < -0.39 is 0 Å². The minimum atomic E-state index is -0.101. The highest BCUT2D eigenvalue weighted by Crippen LogP contribution is 2.18. The topological polar surface area (TPSA) is 29.4 Å². The lowest BCUT2D eigenvalue weighted by Gasteiger charge is -2.02. The van der Waals surface area contributed by atoms with E-state index in [1.165, 1.54) is 0 Å². The van der Waals surface area contributed by atoms with Gasteiger partial charge in [0.2, 0.25) is 6.08 Å². The van der Waals surface area contributed by atoms with Crippen LogP contribution in [0.25, 0.3) is 0 Å². The number of nitrogens with zero attached hydrogens (tertiary/aromatic N) is 1. The van der Waals surface area contributed by atoms with Crippen molar-refractivity contribution in [2.75, 3.05) is 0 Å². The number of hydrogen-bond acceptors (Lipinski definition) is 2. The third-order valence-corrected chi connectivity index (χ3v) is 2.13. The van der Waals surface area contributed by atoms with Crippen LogP contribution in [-0.4, -0.2) is 6.08 Å². The van der Waals surface area contributed by atoms with Crippen LogP contribution in [-0.2, 0) is 4.79 Å². The van der Waals surface area contributed by atoms with Gasteiger partial charge in [0, 0.05) is 4.47 Å². The summed E-state index contributed by atoms with van der Waals surface area (Å²) in [6, 6.07) is 7.60. The number of isocyanates is 1. The maximum Gasteiger partial charge on any atom is 0.235 e. The van der Waals surface area contributed by atoms with Crippen molar-refractivity contribution in [3.05, 3.63) is 34.3 Å². The molecule has 1 aromatic carbocycles. The van der Waals surface area contributed by atoms with Gasteiger partial charge in [-0.3, -0.25) is 0 Å². The van der Waals surface area contributed by atoms with Crippen LogP contribution in [0.3, 0.4) is 0 Å². The standard InChI is InChI=1S/C9H8BrNO/c1-7(11-6-12)8-2-4-9(10)5-3-8/h2-5,7H,1H3/t7-/m0/s1. The molecule has 0 radical (unpaired) electrons. The molecule has 0 spiro atoms. The van der Waals surface area contributed by atoms with E-state index in [0.717, 1.165) is 10.0 Å². The van der Waals surface area contributed by atoms with Gasteiger partial charge in [-0.1, -0.05) is 28.1 Å². The van der Waals surface area contributed by atoms with Gasteiger partial charge in [0.1, 0.15) is 0 Å². The lowest BCUT2D eigenvalue weighted by Crippen LogP contribution is -1.87. The highest BCUT2D eigenvalue weighted by molar-refractivity contribution is 9.10. The molecule has 62 valence electrons. The number of aliphatic imine (C=N–C) groups is 1. The highest BCUT2D eigenvalue weighted by atomic mass is 79.9. The fourth-order valence-corrected chi connectivity index (χ4v) is 1.16. The van der Waals surface area contributed by atoms with Crippen molar-refractivity contribution in [2.45, 2.75) is 13.0 Å². The molecule has 0 aliphatic heterocycles. The van der Waals surface area contributed by atoms with Crippen molar-refractivity contribution >= 4 is 22.0 Å². The number of benzene rings is 1. The maximum absolute atomic E-state index is 9.95. The highest BCUT2D eigenvalue weighted by Gasteiger charge is 2.01. The van der Waals surface area contributed by atoms with Gasteiger partial charge in [-0.05, 0) is 24.6 Å². The predicted molar refractivity (Wildman–Crippen MR) is 50.7 cm³/mol. The monoisotopic (exact) mass is 225 g/mol. The van der Waals surface area contributed by atoms with Crippen molar-refractivity contribution in [3.63, 3.8) is 0 Å². The summed E-state index contributed by atoms with van der Waals surface area (Å²) in [6.45, 7) is 1.86. The van der Waals surface area contributed by atoms with Crippen molar-refractivity contribution < 1.29 is 4.79 Å². The van der Waals surface area contributed by atoms with E-state index in [9.17, 15) is 4.79 Å². The van der Waals surface area contributed by atoms with E-state index >= 15 is 0 Å². The molecular weight excluding hydrogens is 218 g/mol. The summed E-state index contributed by atoms with van der Waals surface area (Å²) < 4.78 is 1.02. The largest absolute Gasteiger partial charge is 0.235 e. The zero-order valence-corrected chi connectivity index (χ0v) is 8.21. The fraction of sp³-hybridized carbons (Fsp3) is 0.222. The van der Waals surface area contributed by atoms with Crippen LogP contribution in [0.1, 0.15) is 18.5 Å². The molecule has 0 unspecified atom stereocenters. The fourth-order valence-electron chi connectivity index (χ4n) is 0.895. The number of rotatable bonds is 2. The molecule has 1 aromatic rings. The zero-order chi connectivity index (χ0) is 8.97. The normalized spacial score (nSPS) is 11.8. The molecule has 3 heteroatoms. The summed E-state index contributed by atoms with van der Waals surface area (Å²) in [7, 11) is 0. The van der Waals surface area contributed by atoms with Crippen LogP contribution >= 0.6 is 15.9 Å². The number of halogens is 1. The molecule has 0 N–H and O–H groups in total. The van der Waals surface area contributed by atoms with E-state index in [-0.39, 0.29) is 6.04 Å². The molecule has 0 heterocycles. The van der Waals surface area contributed by atoms with Crippen molar-refractivity contribution in [1.29, 1.82) is 0 Å². The Morgan fingerprint density at radius 2 is 2.00 bits per heavy atom. The molecule has 0 bridgehead atoms. The number of carbonyl (C=O) groups excluding carboxylic acids is 1. The second-order valence-electron chi connectivity index (χ2n) is 2.45. The van der Waals surface area contributed by atoms with Crippen LogP contribution in [0.4, 0.5) is 0 Å². The smallest absolute Gasteiger partial charge is 0.211 e. The second-order valence-corrected chi connectivity index (χ2v) is 3.36. The third kappa shape index (κ3) is 2.29. The van der Waals surface area contributed by atoms with Gasteiger partial charge < -0.3 is 0 Å². The molecule has 0 saturated heterocycles. The molecule has 0 aliphatic carbocycles. The lowest BCUT2D eigenvalue weighted by atomic mass is 10.1. The van der Waals surface area contributed by atoms with Crippen LogP contribution in [0.5, 0.6) is 0 Å². The Balaban J connectivity index is 2.89. The molecule has 1 atom stereocenters. The summed E-state index contributed by atoms with van der Waals surface area (Å²) in [5.74, 6) is 0. The first-order chi connectivity index (χ1) is 5.74. The molecule has 12 heavy (non-hydrogen) atoms. The average molecular weight is 226 g/mol. The Labute approximate surface area is 79.5 Å². The van der Waals surface area contributed by atoms with Crippen molar-refractivity contribution in [1.82, 2.24) is 0 Å². The second kappa shape index (κ2) is 4.19. The zero-order valence-electron chi connectivity index (χ0n) is 6.62. The Morgan fingerprint density at radius 1 is 1.42 bits per heavy atom. The van der Waals surface area contributed by atoms with E-state index in [2.05, 4.69) is 20.9 Å². The minimum Gasteiger partial charge on any atom is -0.211 e. The molecule has 0 fully saturated rings. The average Bonchev–Trinajstić information content (AvgIpc) is 2.06. The third-order valence-electron chi connectivity index (χ3n) is 1.60. The van der Waals surface area contributed by atoms with E-state index in [1.807, 2.05) is 31.2 Å². The molecule has 0 aromatic heterocycles. The SMILES string of the molecule is C[C@H](N=C=O)c1ccc(Br)cc1. The van der Waals surface area contributed by atoms with E-state index in [0.29, 0.717) is 0 Å². The van der Waals surface area contributed by atoms with Crippen LogP contribution in [0, 0.1) is 0 Å². The van der Waals surface area contributed by atoms with Gasteiger partial charge in [-0.2, -0.15) is 4.99 Å². The van der Waals surface area contributed by atoms with Gasteiger partial charge in [0.05, 0.1) is 6.04 Å². The van der Waals surface area contributed by atoms with Crippen molar-refractivity contribution in [3.8, 4) is 0 Å². The summed E-state index contributed by atoms with van der Waals surface area (Å²) in [6.07, 6.45) is 1.54. The van der Waals surface area contributed by atoms with Crippen molar-refractivity contribution in [2.24, 2.45) is 4.99 Å². The van der Waals surface area contributed by atoms with E-state index in [1.54, 1.807) is 6.08 Å². The molecule has 0 amide bonds. The molecule has 0 aliphatic rings. The van der Waals surface area contributed by atoms with Crippen LogP contribution in [0.2, 0.25) is 0 Å². The summed E-state index contributed by atoms with van der Waals surface area (Å²) in [5, 5.41) is 0. The minimum absolute atomic E-state index is 0.101. The first kappa shape index (κ1) is 9.17. The predicted octanol–water partition coefficient (Wildman–Crippen LogP) is 2.85. The molecule has 1 rings (SSSR count). The summed E-state index contributed by atoms with van der Waals surface area (Å²) >= 11 is 3.33. The first-order valence-corrected chi connectivity index (χ1v) is 4.36. The van der Waals surface area contributed by atoms with Crippen LogP contribution in [0.15, 0.2) is 33.7 Å². The van der Waals surface area contributed by atoms with Crippen LogP contribution < -0.4 is 0 Å². The molecule has 2 nitrogen and oxygen atoms in total. The maximum atomic E-state index is 9.95. The Bertz CT molecular complexity index is 301. The summed E-state index contributed by atoms with van der Waals surface area (Å²) in [5.41, 5.74) is 1.02. The Morgan fingerprint density at radius 3 is 2.50 bits per heavy atom. The van der Waals surface area contributed by atoms with E-state index in [4.69, 9.17) is 0 Å². The van der Waals surface area contributed by atoms with Gasteiger partial charge in [-0.15, -0.1) is 0 Å². The van der Waals surface area contributed by atoms with Gasteiger partial charge in [-0.25, -0.2) is 4.79 Å². The molecular formula is C9H8BrNO. The van der Waals surface area contributed by atoms with Gasteiger partial charge >= 0.3 is 0 Å². The quantitative estimate of drug-likeness (QED) is 0.563. The van der Waals surface area contributed by atoms with Gasteiger partial charge in [0.15, 0.2) is 0 Å². The first-order valence-electron chi connectivity index (χ1n) is 3.56. The summed E-state index contributed by atoms with van der Waals surface area (Å²) in [4.78, 5) is 13.6. The Hall–Kier alpha value is -0.920. The number of hydrogen-bond donors (Lipinski definition) is 0. The lowest BCUT2D eigenvalue weighted by molar-refractivity contribution is 0.559. The molecule has 0 saturated carbocycles. The van der Waals surface area contributed by atoms with Gasteiger partial charge in [0.25, 0.3) is 0 Å². The Kier molecular flexibility index (Phi) is 3.20.